The average molecular weight is 129 g/mol. The van der Waals surface area contributed by atoms with E-state index in [4.69, 9.17) is 11.6 Å². The summed E-state index contributed by atoms with van der Waals surface area (Å²) in [6, 6.07) is 0. The molecule has 0 heterocycles. The lowest BCUT2D eigenvalue weighted by Crippen LogP contribution is -2.01. The third-order valence-electron chi connectivity index (χ3n) is 3.37. The predicted octanol–water partition coefficient (Wildman–Crippen LogP) is 1.88. The zero-order valence-electron chi connectivity index (χ0n) is 4.68. The minimum atomic E-state index is 0.602. The molecular weight excluding hydrogens is 120 g/mol. The van der Waals surface area contributed by atoms with Gasteiger partial charge in [-0.15, -0.1) is 11.6 Å². The van der Waals surface area contributed by atoms with Gasteiger partial charge in [0.15, 0.2) is 0 Å². The first-order chi connectivity index (χ1) is 3.88. The Balaban J connectivity index is 2.10. The van der Waals surface area contributed by atoms with Gasteiger partial charge in [0.2, 0.25) is 0 Å². The number of alkyl halides is 1. The van der Waals surface area contributed by atoms with Gasteiger partial charge in [-0.05, 0) is 36.5 Å². The zero-order valence-corrected chi connectivity index (χ0v) is 5.43. The van der Waals surface area contributed by atoms with Crippen LogP contribution in [0.15, 0.2) is 0 Å². The third-order valence-corrected chi connectivity index (χ3v) is 4.01. The van der Waals surface area contributed by atoms with Gasteiger partial charge in [-0.3, -0.25) is 0 Å². The summed E-state index contributed by atoms with van der Waals surface area (Å²) in [5.74, 6) is 4.13. The van der Waals surface area contributed by atoms with E-state index in [0.717, 1.165) is 23.7 Å². The normalized spacial score (nSPS) is 73.9. The number of hydrogen-bond acceptors (Lipinski definition) is 0. The molecule has 0 spiro atoms. The molecule has 0 aromatic heterocycles. The third kappa shape index (κ3) is 0.255. The quantitative estimate of drug-likeness (QED) is 0.437. The molecule has 0 saturated heterocycles. The summed E-state index contributed by atoms with van der Waals surface area (Å²) in [5.41, 5.74) is 0. The van der Waals surface area contributed by atoms with Gasteiger partial charge in [0.05, 0.1) is 0 Å². The fourth-order valence-corrected chi connectivity index (χ4v) is 3.56. The average Bonchev–Trinajstić information content (AvgIpc) is 2.23. The second-order valence-electron chi connectivity index (χ2n) is 3.58. The van der Waals surface area contributed by atoms with Gasteiger partial charge < -0.3 is 0 Å². The Bertz CT molecular complexity index is 129. The van der Waals surface area contributed by atoms with Gasteiger partial charge in [0.1, 0.15) is 0 Å². The van der Waals surface area contributed by atoms with Crippen molar-refractivity contribution in [2.75, 3.05) is 0 Å². The summed E-state index contributed by atoms with van der Waals surface area (Å²) in [6.07, 6.45) is 2.95. The molecule has 4 aliphatic carbocycles. The molecule has 4 fully saturated rings. The maximum absolute atomic E-state index is 6.10. The van der Waals surface area contributed by atoms with Gasteiger partial charge in [-0.1, -0.05) is 0 Å². The highest BCUT2D eigenvalue weighted by atomic mass is 35.5. The molecule has 0 aromatic carbocycles. The predicted molar refractivity (Wildman–Crippen MR) is 32.8 cm³/mol. The highest BCUT2D eigenvalue weighted by Crippen LogP contribution is 2.71. The summed E-state index contributed by atoms with van der Waals surface area (Å²) in [5, 5.41) is 0.602. The zero-order chi connectivity index (χ0) is 5.30. The second kappa shape index (κ2) is 0.965. The molecule has 0 N–H and O–H groups in total. The fourth-order valence-electron chi connectivity index (χ4n) is 2.98. The molecule has 1 heteroatoms. The van der Waals surface area contributed by atoms with Gasteiger partial charge in [-0.25, -0.2) is 0 Å². The first-order valence-corrected chi connectivity index (χ1v) is 3.95. The van der Waals surface area contributed by atoms with Crippen LogP contribution in [-0.4, -0.2) is 5.38 Å². The molecule has 4 aliphatic rings. The molecule has 44 valence electrons. The molecule has 0 amide bonds. The van der Waals surface area contributed by atoms with E-state index < -0.39 is 0 Å². The van der Waals surface area contributed by atoms with E-state index in [1.807, 2.05) is 0 Å². The Morgan fingerprint density at radius 2 is 1.75 bits per heavy atom. The van der Waals surface area contributed by atoms with E-state index in [1.165, 1.54) is 12.8 Å². The number of rotatable bonds is 0. The minimum Gasteiger partial charge on any atom is -0.122 e. The smallest absolute Gasteiger partial charge is 0.0398 e. The van der Waals surface area contributed by atoms with Crippen LogP contribution in [0.2, 0.25) is 0 Å². The topological polar surface area (TPSA) is 0 Å². The van der Waals surface area contributed by atoms with Gasteiger partial charge >= 0.3 is 0 Å². The summed E-state index contributed by atoms with van der Waals surface area (Å²) >= 11 is 6.10. The lowest BCUT2D eigenvalue weighted by Gasteiger charge is -2.01. The van der Waals surface area contributed by atoms with Crippen molar-refractivity contribution in [3.63, 3.8) is 0 Å². The van der Waals surface area contributed by atoms with Crippen LogP contribution >= 0.6 is 11.6 Å². The van der Waals surface area contributed by atoms with Crippen molar-refractivity contribution in [3.05, 3.63) is 0 Å². The first-order valence-electron chi connectivity index (χ1n) is 3.52. The maximum Gasteiger partial charge on any atom is 0.0398 e. The Morgan fingerprint density at radius 3 is 1.88 bits per heavy atom. The van der Waals surface area contributed by atoms with Crippen LogP contribution in [0.1, 0.15) is 12.8 Å². The lowest BCUT2D eigenvalue weighted by molar-refractivity contribution is 0.610. The minimum absolute atomic E-state index is 0.602. The summed E-state index contributed by atoms with van der Waals surface area (Å²) in [7, 11) is 0. The SMILES string of the molecule is Cl[C@H]1C2C[C@@H]3C1[C@@H]3C2. The van der Waals surface area contributed by atoms with Crippen LogP contribution in [-0.2, 0) is 0 Å². The van der Waals surface area contributed by atoms with Crippen molar-refractivity contribution in [2.24, 2.45) is 23.7 Å². The highest BCUT2D eigenvalue weighted by Gasteiger charge is 2.67. The largest absolute Gasteiger partial charge is 0.122 e. The fraction of sp³-hybridized carbons (Fsp3) is 1.00. The van der Waals surface area contributed by atoms with Crippen molar-refractivity contribution in [3.8, 4) is 0 Å². The van der Waals surface area contributed by atoms with Crippen LogP contribution in [0.25, 0.3) is 0 Å². The Kier molecular flexibility index (Phi) is 0.502. The van der Waals surface area contributed by atoms with Crippen LogP contribution in [0, 0.1) is 23.7 Å². The van der Waals surface area contributed by atoms with E-state index in [-0.39, 0.29) is 0 Å². The van der Waals surface area contributed by atoms with Crippen molar-refractivity contribution in [2.45, 2.75) is 18.2 Å². The second-order valence-corrected chi connectivity index (χ2v) is 4.08. The van der Waals surface area contributed by atoms with Crippen LogP contribution in [0.5, 0.6) is 0 Å². The molecule has 0 nitrogen and oxygen atoms in total. The number of hydrogen-bond donors (Lipinski definition) is 0. The van der Waals surface area contributed by atoms with E-state index in [0.29, 0.717) is 5.38 Å². The van der Waals surface area contributed by atoms with Crippen LogP contribution in [0.3, 0.4) is 0 Å². The lowest BCUT2D eigenvalue weighted by atomic mass is 10.1. The van der Waals surface area contributed by atoms with E-state index >= 15 is 0 Å². The van der Waals surface area contributed by atoms with Crippen LogP contribution in [0.4, 0.5) is 0 Å². The van der Waals surface area contributed by atoms with E-state index in [9.17, 15) is 0 Å². The summed E-state index contributed by atoms with van der Waals surface area (Å²) in [4.78, 5) is 0. The molecule has 0 aliphatic heterocycles. The van der Waals surface area contributed by atoms with Gasteiger partial charge in [-0.2, -0.15) is 0 Å². The van der Waals surface area contributed by atoms with E-state index in [1.54, 1.807) is 0 Å². The molecule has 4 saturated carbocycles. The molecule has 2 unspecified atom stereocenters. The standard InChI is InChI=1S/C7H9Cl/c8-7-3-1-4-5(2-3)6(4)7/h3-7H,1-2H2/t3?,4-,5+,6?,7-/m0/s1. The molecule has 4 bridgehead atoms. The van der Waals surface area contributed by atoms with Crippen molar-refractivity contribution in [1.82, 2.24) is 0 Å². The molecule has 8 heavy (non-hydrogen) atoms. The van der Waals surface area contributed by atoms with Crippen molar-refractivity contribution >= 4 is 11.6 Å². The molecular formula is C7H9Cl. The summed E-state index contributed by atoms with van der Waals surface area (Å²) in [6.45, 7) is 0. The Hall–Kier alpha value is 0.290. The number of halogens is 1. The van der Waals surface area contributed by atoms with Gasteiger partial charge in [0.25, 0.3) is 0 Å². The Morgan fingerprint density at radius 1 is 1.12 bits per heavy atom. The van der Waals surface area contributed by atoms with E-state index in [2.05, 4.69) is 0 Å². The Labute approximate surface area is 54.2 Å². The molecule has 4 rings (SSSR count). The monoisotopic (exact) mass is 128 g/mol. The molecule has 5 atom stereocenters. The summed E-state index contributed by atoms with van der Waals surface area (Å²) < 4.78 is 0. The highest BCUT2D eigenvalue weighted by molar-refractivity contribution is 6.21. The first kappa shape index (κ1) is 4.16. The van der Waals surface area contributed by atoms with Gasteiger partial charge in [0, 0.05) is 5.38 Å². The van der Waals surface area contributed by atoms with Crippen molar-refractivity contribution in [1.29, 1.82) is 0 Å². The van der Waals surface area contributed by atoms with Crippen LogP contribution < -0.4 is 0 Å². The maximum atomic E-state index is 6.10. The van der Waals surface area contributed by atoms with Crippen molar-refractivity contribution < 1.29 is 0 Å². The molecule has 0 radical (unpaired) electrons. The molecule has 0 aromatic rings.